The van der Waals surface area contributed by atoms with E-state index in [1.165, 1.54) is 36.9 Å². The number of ether oxygens (including phenoxy) is 3. The minimum Gasteiger partial charge on any atom is -0.490 e. The summed E-state index contributed by atoms with van der Waals surface area (Å²) in [5.74, 6) is 2.82. The van der Waals surface area contributed by atoms with Gasteiger partial charge in [-0.05, 0) is 113 Å². The van der Waals surface area contributed by atoms with Crippen molar-refractivity contribution in [1.29, 1.82) is 0 Å². The van der Waals surface area contributed by atoms with Crippen molar-refractivity contribution in [2.24, 2.45) is 13.0 Å². The first-order valence-electron chi connectivity index (χ1n) is 20.9. The van der Waals surface area contributed by atoms with Crippen LogP contribution < -0.4 is 19.1 Å². The first-order valence-corrected chi connectivity index (χ1v) is 21.7. The third kappa shape index (κ3) is 9.37. The normalized spacial score (nSPS) is 17.7. The predicted molar refractivity (Wildman–Crippen MR) is 238 cm³/mol. The van der Waals surface area contributed by atoms with Crippen LogP contribution in [0.5, 0.6) is 17.5 Å². The Morgan fingerprint density at radius 2 is 1.45 bits per heavy atom. The molecule has 2 aliphatic rings. The molecular formula is C49H56BrN5O3. The number of hydrogen-bond acceptors (Lipinski definition) is 7. The summed E-state index contributed by atoms with van der Waals surface area (Å²) in [5, 5.41) is 6.11. The van der Waals surface area contributed by atoms with Gasteiger partial charge in [0.1, 0.15) is 24.7 Å². The summed E-state index contributed by atoms with van der Waals surface area (Å²) in [6.45, 7) is 12.0. The number of anilines is 1. The number of halogens is 1. The van der Waals surface area contributed by atoms with Crippen molar-refractivity contribution in [1.82, 2.24) is 19.7 Å². The topological polar surface area (TPSA) is 64.9 Å². The van der Waals surface area contributed by atoms with Gasteiger partial charge in [-0.1, -0.05) is 82.7 Å². The number of nitrogens with zero attached hydrogens (tertiary/aromatic N) is 5. The standard InChI is InChI=1S/C49H56BrN5O3/c1-35-43(50)16-11-17-45(35)58-40-21-18-36(19-22-40)26-27-49(2,3)55-30-28-54(29-31-55)39-20-23-41-44(32-39)53(4)52-47(41)42-24-25-46(56-33-37-12-7-5-8-13-37)51-48(42)57-34-38-14-9-6-10-15-38/h5-17,20,23-25,32,36,40H,18-19,21-22,26-31,33-34H2,1-4H3. The Balaban J connectivity index is 0.893. The quantitative estimate of drug-likeness (QED) is 0.108. The highest BCUT2D eigenvalue weighted by molar-refractivity contribution is 9.10. The predicted octanol–water partition coefficient (Wildman–Crippen LogP) is 11.2. The Morgan fingerprint density at radius 3 is 2.16 bits per heavy atom. The third-order valence-corrected chi connectivity index (χ3v) is 13.2. The number of benzene rings is 4. The van der Waals surface area contributed by atoms with Crippen LogP contribution in [0, 0.1) is 12.8 Å². The molecule has 8 nitrogen and oxygen atoms in total. The average molecular weight is 843 g/mol. The average Bonchev–Trinajstić information content (AvgIpc) is 3.59. The molecule has 1 saturated heterocycles. The van der Waals surface area contributed by atoms with Crippen LogP contribution in [0.3, 0.4) is 0 Å². The van der Waals surface area contributed by atoms with Crippen molar-refractivity contribution in [3.63, 3.8) is 0 Å². The highest BCUT2D eigenvalue weighted by Crippen LogP contribution is 2.38. The minimum atomic E-state index is 0.171. The van der Waals surface area contributed by atoms with Gasteiger partial charge >= 0.3 is 0 Å². The number of rotatable bonds is 14. The van der Waals surface area contributed by atoms with E-state index in [0.29, 0.717) is 31.1 Å². The van der Waals surface area contributed by atoms with E-state index in [1.54, 1.807) is 0 Å². The highest BCUT2D eigenvalue weighted by atomic mass is 79.9. The summed E-state index contributed by atoms with van der Waals surface area (Å²) >= 11 is 3.65. The van der Waals surface area contributed by atoms with Crippen LogP contribution in [0.25, 0.3) is 22.2 Å². The van der Waals surface area contributed by atoms with Crippen LogP contribution in [0.15, 0.2) is 114 Å². The van der Waals surface area contributed by atoms with Gasteiger partial charge in [0.05, 0.1) is 17.2 Å². The largest absolute Gasteiger partial charge is 0.490 e. The summed E-state index contributed by atoms with van der Waals surface area (Å²) in [7, 11) is 2.02. The Hall–Kier alpha value is -4.86. The van der Waals surface area contributed by atoms with Gasteiger partial charge in [0.2, 0.25) is 11.8 Å². The van der Waals surface area contributed by atoms with E-state index in [1.807, 2.05) is 72.4 Å². The first kappa shape index (κ1) is 39.9. The Labute approximate surface area is 352 Å². The molecule has 0 N–H and O–H groups in total. The monoisotopic (exact) mass is 841 g/mol. The second-order valence-electron chi connectivity index (χ2n) is 16.7. The Bertz CT molecular complexity index is 2280. The van der Waals surface area contributed by atoms with Crippen LogP contribution >= 0.6 is 15.9 Å². The fourth-order valence-corrected chi connectivity index (χ4v) is 8.96. The number of aromatic nitrogens is 3. The molecule has 4 aromatic carbocycles. The number of fused-ring (bicyclic) bond motifs is 1. The number of pyridine rings is 1. The van der Waals surface area contributed by atoms with Crippen molar-refractivity contribution in [2.75, 3.05) is 31.1 Å². The van der Waals surface area contributed by atoms with Crippen LogP contribution in [0.1, 0.15) is 69.1 Å². The van der Waals surface area contributed by atoms with Crippen molar-refractivity contribution in [3.05, 3.63) is 130 Å². The molecule has 6 aromatic rings. The molecule has 8 rings (SSSR count). The smallest absolute Gasteiger partial charge is 0.226 e. The van der Waals surface area contributed by atoms with Gasteiger partial charge in [-0.3, -0.25) is 9.58 Å². The fourth-order valence-electron chi connectivity index (χ4n) is 8.61. The summed E-state index contributed by atoms with van der Waals surface area (Å²) in [5.41, 5.74) is 7.53. The molecule has 9 heteroatoms. The Morgan fingerprint density at radius 1 is 0.759 bits per heavy atom. The highest BCUT2D eigenvalue weighted by Gasteiger charge is 2.32. The molecule has 2 aromatic heterocycles. The minimum absolute atomic E-state index is 0.171. The lowest BCUT2D eigenvalue weighted by Gasteiger charge is -2.45. The maximum absolute atomic E-state index is 6.45. The molecule has 0 unspecified atom stereocenters. The molecule has 0 radical (unpaired) electrons. The fraction of sp³-hybridized carbons (Fsp3) is 0.388. The zero-order valence-corrected chi connectivity index (χ0v) is 36.0. The maximum Gasteiger partial charge on any atom is 0.226 e. The zero-order chi connectivity index (χ0) is 40.1. The second kappa shape index (κ2) is 18.0. The molecule has 1 saturated carbocycles. The summed E-state index contributed by atoms with van der Waals surface area (Å²) in [4.78, 5) is 10.1. The van der Waals surface area contributed by atoms with Gasteiger partial charge in [0.15, 0.2) is 0 Å². The van der Waals surface area contributed by atoms with Gasteiger partial charge in [-0.15, -0.1) is 0 Å². The lowest BCUT2D eigenvalue weighted by Crippen LogP contribution is -2.54. The summed E-state index contributed by atoms with van der Waals surface area (Å²) < 4.78 is 22.1. The number of piperazine rings is 1. The molecule has 1 aliphatic heterocycles. The van der Waals surface area contributed by atoms with E-state index in [0.717, 1.165) is 88.4 Å². The van der Waals surface area contributed by atoms with Crippen molar-refractivity contribution >= 4 is 32.5 Å². The number of aryl methyl sites for hydroxylation is 1. The van der Waals surface area contributed by atoms with Crippen molar-refractivity contribution < 1.29 is 14.2 Å². The lowest BCUT2D eigenvalue weighted by atomic mass is 9.81. The van der Waals surface area contributed by atoms with E-state index in [9.17, 15) is 0 Å². The van der Waals surface area contributed by atoms with Crippen LogP contribution in [0.2, 0.25) is 0 Å². The molecule has 0 atom stereocenters. The molecule has 0 amide bonds. The zero-order valence-electron chi connectivity index (χ0n) is 34.4. The Kier molecular flexibility index (Phi) is 12.4. The van der Waals surface area contributed by atoms with Gasteiger partial charge in [0.25, 0.3) is 0 Å². The molecule has 58 heavy (non-hydrogen) atoms. The number of hydrogen-bond donors (Lipinski definition) is 0. The van der Waals surface area contributed by atoms with Crippen molar-refractivity contribution in [2.45, 2.75) is 84.2 Å². The van der Waals surface area contributed by atoms with E-state index in [2.05, 4.69) is 95.0 Å². The van der Waals surface area contributed by atoms with Crippen LogP contribution in [-0.4, -0.2) is 57.5 Å². The van der Waals surface area contributed by atoms with Gasteiger partial charge < -0.3 is 19.1 Å². The molecular weight excluding hydrogens is 786 g/mol. The van der Waals surface area contributed by atoms with E-state index in [4.69, 9.17) is 24.3 Å². The van der Waals surface area contributed by atoms with Crippen molar-refractivity contribution in [3.8, 4) is 28.8 Å². The molecule has 0 bridgehead atoms. The molecule has 302 valence electrons. The molecule has 3 heterocycles. The maximum atomic E-state index is 6.45. The molecule has 2 fully saturated rings. The SMILES string of the molecule is Cc1c(Br)cccc1OC1CCC(CCC(C)(C)N2CCN(c3ccc4c(-c5ccc(OCc6ccccc6)nc5OCc5ccccc5)nn(C)c4c3)CC2)CC1. The molecule has 0 spiro atoms. The summed E-state index contributed by atoms with van der Waals surface area (Å²) in [6, 6.07) is 37.2. The summed E-state index contributed by atoms with van der Waals surface area (Å²) in [6.07, 6.45) is 7.65. The van der Waals surface area contributed by atoms with Gasteiger partial charge in [-0.2, -0.15) is 10.1 Å². The van der Waals surface area contributed by atoms with E-state index in [-0.39, 0.29) is 5.54 Å². The van der Waals surface area contributed by atoms with Crippen LogP contribution in [0.4, 0.5) is 5.69 Å². The van der Waals surface area contributed by atoms with Crippen LogP contribution in [-0.2, 0) is 20.3 Å². The molecule has 1 aliphatic carbocycles. The third-order valence-electron chi connectivity index (χ3n) is 12.3. The lowest BCUT2D eigenvalue weighted by molar-refractivity contribution is 0.0845. The first-order chi connectivity index (χ1) is 28.2. The van der Waals surface area contributed by atoms with E-state index >= 15 is 0 Å². The van der Waals surface area contributed by atoms with Gasteiger partial charge in [0, 0.05) is 65.9 Å². The van der Waals surface area contributed by atoms with Gasteiger partial charge in [-0.25, -0.2) is 0 Å². The second-order valence-corrected chi connectivity index (χ2v) is 17.5. The van der Waals surface area contributed by atoms with E-state index < -0.39 is 0 Å².